The molecule has 5 nitrogen and oxygen atoms in total. The molecule has 0 aliphatic carbocycles. The van der Waals surface area contributed by atoms with E-state index in [9.17, 15) is 4.79 Å². The highest BCUT2D eigenvalue weighted by atomic mass is 32.1. The molecular formula is C23H32N4OS. The Balaban J connectivity index is 1.18. The lowest BCUT2D eigenvalue weighted by atomic mass is 9.95. The summed E-state index contributed by atoms with van der Waals surface area (Å²) in [7, 11) is 0. The molecule has 0 atom stereocenters. The van der Waals surface area contributed by atoms with E-state index < -0.39 is 0 Å². The maximum Gasteiger partial charge on any atom is 0.223 e. The summed E-state index contributed by atoms with van der Waals surface area (Å²) >= 11 is 1.71. The molecule has 0 radical (unpaired) electrons. The second-order valence-electron chi connectivity index (χ2n) is 8.43. The Labute approximate surface area is 178 Å². The molecule has 1 amide bonds. The molecule has 29 heavy (non-hydrogen) atoms. The summed E-state index contributed by atoms with van der Waals surface area (Å²) in [4.78, 5) is 22.1. The first-order valence-electron chi connectivity index (χ1n) is 10.9. The first-order chi connectivity index (χ1) is 14.2. The van der Waals surface area contributed by atoms with Crippen LogP contribution in [0, 0.1) is 12.8 Å². The van der Waals surface area contributed by atoms with Crippen LogP contribution in [0.3, 0.4) is 0 Å². The molecule has 0 bridgehead atoms. The number of nitrogens with one attached hydrogen (secondary N) is 1. The Kier molecular flexibility index (Phi) is 6.95. The summed E-state index contributed by atoms with van der Waals surface area (Å²) in [5.74, 6) is 0.341. The zero-order chi connectivity index (χ0) is 20.1. The Morgan fingerprint density at radius 1 is 1.03 bits per heavy atom. The van der Waals surface area contributed by atoms with E-state index in [1.807, 2.05) is 6.92 Å². The first kappa shape index (κ1) is 20.5. The van der Waals surface area contributed by atoms with E-state index in [2.05, 4.69) is 49.7 Å². The van der Waals surface area contributed by atoms with Gasteiger partial charge in [-0.05, 0) is 69.9 Å². The van der Waals surface area contributed by atoms with Crippen LogP contribution in [0.25, 0.3) is 0 Å². The van der Waals surface area contributed by atoms with Gasteiger partial charge in [0.1, 0.15) is 0 Å². The maximum atomic E-state index is 12.6. The van der Waals surface area contributed by atoms with Crippen LogP contribution >= 0.6 is 11.3 Å². The molecule has 2 fully saturated rings. The van der Waals surface area contributed by atoms with Crippen molar-refractivity contribution in [1.82, 2.24) is 20.1 Å². The van der Waals surface area contributed by atoms with E-state index in [1.54, 1.807) is 11.3 Å². The van der Waals surface area contributed by atoms with Crippen LogP contribution in [0.5, 0.6) is 0 Å². The Morgan fingerprint density at radius 3 is 2.34 bits per heavy atom. The van der Waals surface area contributed by atoms with Crippen LogP contribution in [0.2, 0.25) is 0 Å². The number of carbonyl (C=O) groups is 1. The highest BCUT2D eigenvalue weighted by molar-refractivity contribution is 7.09. The van der Waals surface area contributed by atoms with Crippen LogP contribution in [0.15, 0.2) is 29.6 Å². The van der Waals surface area contributed by atoms with Crippen molar-refractivity contribution in [3.05, 3.63) is 51.5 Å². The van der Waals surface area contributed by atoms with Crippen molar-refractivity contribution in [3.8, 4) is 0 Å². The molecular weight excluding hydrogens is 380 g/mol. The van der Waals surface area contributed by atoms with Gasteiger partial charge in [-0.2, -0.15) is 0 Å². The van der Waals surface area contributed by atoms with Gasteiger partial charge in [0.2, 0.25) is 5.91 Å². The molecule has 2 aliphatic rings. The van der Waals surface area contributed by atoms with Crippen molar-refractivity contribution in [2.24, 2.45) is 5.92 Å². The van der Waals surface area contributed by atoms with Gasteiger partial charge in [0.15, 0.2) is 0 Å². The molecule has 6 heteroatoms. The van der Waals surface area contributed by atoms with E-state index in [1.165, 1.54) is 37.1 Å². The van der Waals surface area contributed by atoms with Crippen LogP contribution in [0.1, 0.15) is 47.5 Å². The van der Waals surface area contributed by atoms with Gasteiger partial charge in [0.25, 0.3) is 0 Å². The number of thiazole rings is 1. The van der Waals surface area contributed by atoms with Crippen molar-refractivity contribution in [2.75, 3.05) is 26.2 Å². The molecule has 4 rings (SSSR count). The average molecular weight is 413 g/mol. The number of hydrogen-bond donors (Lipinski definition) is 1. The molecule has 0 spiro atoms. The number of piperidine rings is 1. The number of nitrogens with zero attached hydrogens (tertiary/aromatic N) is 3. The lowest BCUT2D eigenvalue weighted by molar-refractivity contribution is -0.126. The third kappa shape index (κ3) is 5.87. The molecule has 3 heterocycles. The number of amides is 1. The Hall–Kier alpha value is -1.76. The molecule has 0 unspecified atom stereocenters. The smallest absolute Gasteiger partial charge is 0.223 e. The summed E-state index contributed by atoms with van der Waals surface area (Å²) in [6, 6.07) is 8.73. The summed E-state index contributed by atoms with van der Waals surface area (Å²) < 4.78 is 0. The lowest BCUT2D eigenvalue weighted by Gasteiger charge is -2.30. The normalized spacial score (nSPS) is 18.9. The lowest BCUT2D eigenvalue weighted by Crippen LogP contribution is -2.40. The minimum Gasteiger partial charge on any atom is -0.352 e. The first-order valence-corrected chi connectivity index (χ1v) is 11.7. The van der Waals surface area contributed by atoms with Gasteiger partial charge in [0, 0.05) is 30.9 Å². The summed E-state index contributed by atoms with van der Waals surface area (Å²) in [5, 5.41) is 6.42. The fourth-order valence-electron chi connectivity index (χ4n) is 4.36. The molecule has 1 N–H and O–H groups in total. The quantitative estimate of drug-likeness (QED) is 0.755. The van der Waals surface area contributed by atoms with E-state index in [-0.39, 0.29) is 11.8 Å². The van der Waals surface area contributed by atoms with E-state index >= 15 is 0 Å². The van der Waals surface area contributed by atoms with E-state index in [0.29, 0.717) is 6.54 Å². The van der Waals surface area contributed by atoms with Crippen LogP contribution in [0.4, 0.5) is 0 Å². The second kappa shape index (κ2) is 9.83. The van der Waals surface area contributed by atoms with Gasteiger partial charge in [-0.1, -0.05) is 24.3 Å². The number of rotatable bonds is 7. The van der Waals surface area contributed by atoms with Gasteiger partial charge in [0.05, 0.1) is 10.7 Å². The molecule has 1 aromatic heterocycles. The third-order valence-corrected chi connectivity index (χ3v) is 6.93. The number of aryl methyl sites for hydroxylation is 1. The zero-order valence-electron chi connectivity index (χ0n) is 17.4. The van der Waals surface area contributed by atoms with Crippen molar-refractivity contribution >= 4 is 17.2 Å². The minimum absolute atomic E-state index is 0.137. The Morgan fingerprint density at radius 2 is 1.69 bits per heavy atom. The fraction of sp³-hybridized carbons (Fsp3) is 0.565. The molecule has 2 aromatic rings. The van der Waals surface area contributed by atoms with Crippen LogP contribution < -0.4 is 5.32 Å². The number of carbonyl (C=O) groups excluding carboxylic acids is 1. The molecule has 2 saturated heterocycles. The van der Waals surface area contributed by atoms with Crippen molar-refractivity contribution in [3.63, 3.8) is 0 Å². The van der Waals surface area contributed by atoms with Crippen LogP contribution in [-0.4, -0.2) is 46.9 Å². The van der Waals surface area contributed by atoms with E-state index in [4.69, 9.17) is 0 Å². The van der Waals surface area contributed by atoms with E-state index in [0.717, 1.165) is 49.7 Å². The summed E-state index contributed by atoms with van der Waals surface area (Å²) in [6.45, 7) is 9.01. The van der Waals surface area contributed by atoms with Gasteiger partial charge < -0.3 is 5.32 Å². The van der Waals surface area contributed by atoms with Crippen molar-refractivity contribution < 1.29 is 4.79 Å². The number of benzene rings is 1. The Bertz CT molecular complexity index is 789. The SMILES string of the molecule is Cc1nc(CN2CCC(C(=O)NCc3ccc(CN4CCCC4)cc3)CC2)cs1. The fourth-order valence-corrected chi connectivity index (χ4v) is 4.96. The van der Waals surface area contributed by atoms with Gasteiger partial charge >= 0.3 is 0 Å². The zero-order valence-corrected chi connectivity index (χ0v) is 18.2. The van der Waals surface area contributed by atoms with Gasteiger partial charge in [-0.3, -0.25) is 14.6 Å². The molecule has 156 valence electrons. The van der Waals surface area contributed by atoms with Gasteiger partial charge in [-0.25, -0.2) is 4.98 Å². The monoisotopic (exact) mass is 412 g/mol. The predicted octanol–water partition coefficient (Wildman–Crippen LogP) is 3.58. The third-order valence-electron chi connectivity index (χ3n) is 6.11. The second-order valence-corrected chi connectivity index (χ2v) is 9.49. The van der Waals surface area contributed by atoms with Crippen molar-refractivity contribution in [2.45, 2.75) is 52.2 Å². The molecule has 1 aromatic carbocycles. The summed E-state index contributed by atoms with van der Waals surface area (Å²) in [5.41, 5.74) is 3.70. The minimum atomic E-state index is 0.137. The highest BCUT2D eigenvalue weighted by Crippen LogP contribution is 2.20. The van der Waals surface area contributed by atoms with Crippen molar-refractivity contribution in [1.29, 1.82) is 0 Å². The molecule has 0 saturated carbocycles. The maximum absolute atomic E-state index is 12.6. The highest BCUT2D eigenvalue weighted by Gasteiger charge is 2.25. The predicted molar refractivity (Wildman–Crippen MR) is 118 cm³/mol. The molecule has 2 aliphatic heterocycles. The number of hydrogen-bond acceptors (Lipinski definition) is 5. The van der Waals surface area contributed by atoms with Crippen LogP contribution in [-0.2, 0) is 24.4 Å². The summed E-state index contributed by atoms with van der Waals surface area (Å²) in [6.07, 6.45) is 4.52. The van der Waals surface area contributed by atoms with Gasteiger partial charge in [-0.15, -0.1) is 11.3 Å². The number of likely N-dealkylation sites (tertiary alicyclic amines) is 2. The number of aromatic nitrogens is 1. The largest absolute Gasteiger partial charge is 0.352 e. The standard InChI is InChI=1S/C23H32N4OS/c1-18-25-22(17-29-18)16-27-12-8-21(9-13-27)23(28)24-14-19-4-6-20(7-5-19)15-26-10-2-3-11-26/h4-7,17,21H,2-3,8-16H2,1H3,(H,24,28). The average Bonchev–Trinajstić information content (AvgIpc) is 3.39. The topological polar surface area (TPSA) is 48.5 Å².